The highest BCUT2D eigenvalue weighted by Crippen LogP contribution is 2.64. The standard InChI is InChI=1S/C18H28O4/c1-16(2)10-21-18(22-11-16)7-13-12-5-3-4-6-17(9-19,15(12)20)14(13)8-18/h3-4,12-15,19-20H,5-11H2,1-2H3/t12-,13-,14-,15?,17-/m0/s1. The smallest absolute Gasteiger partial charge is 0.168 e. The van der Waals surface area contributed by atoms with Gasteiger partial charge in [0.2, 0.25) is 0 Å². The molecule has 0 radical (unpaired) electrons. The fourth-order valence-corrected chi connectivity index (χ4v) is 5.41. The van der Waals surface area contributed by atoms with Gasteiger partial charge in [-0.25, -0.2) is 0 Å². The highest BCUT2D eigenvalue weighted by atomic mass is 16.7. The molecule has 1 saturated heterocycles. The molecule has 4 aliphatic rings. The van der Waals surface area contributed by atoms with Gasteiger partial charge in [-0.2, -0.15) is 0 Å². The summed E-state index contributed by atoms with van der Waals surface area (Å²) >= 11 is 0. The Hall–Kier alpha value is -0.420. The fourth-order valence-electron chi connectivity index (χ4n) is 5.41. The maximum atomic E-state index is 10.8. The van der Waals surface area contributed by atoms with Crippen LogP contribution >= 0.6 is 0 Å². The zero-order chi connectivity index (χ0) is 15.6. The van der Waals surface area contributed by atoms with Crippen LogP contribution < -0.4 is 0 Å². The molecule has 1 spiro atoms. The highest BCUT2D eigenvalue weighted by Gasteiger charge is 2.66. The molecule has 0 aromatic heterocycles. The minimum Gasteiger partial charge on any atom is -0.396 e. The molecule has 2 saturated carbocycles. The van der Waals surface area contributed by atoms with Crippen molar-refractivity contribution in [1.82, 2.24) is 0 Å². The van der Waals surface area contributed by atoms with Crippen LogP contribution in [0.4, 0.5) is 0 Å². The molecule has 0 aromatic rings. The van der Waals surface area contributed by atoms with E-state index in [2.05, 4.69) is 26.0 Å². The monoisotopic (exact) mass is 308 g/mol. The second-order valence-corrected chi connectivity index (χ2v) is 8.74. The molecule has 124 valence electrons. The number of rotatable bonds is 1. The van der Waals surface area contributed by atoms with Crippen molar-refractivity contribution in [2.75, 3.05) is 19.8 Å². The van der Waals surface area contributed by atoms with E-state index in [1.54, 1.807) is 0 Å². The number of aliphatic hydroxyl groups is 2. The lowest BCUT2D eigenvalue weighted by Crippen LogP contribution is -2.48. The third-order valence-electron chi connectivity index (χ3n) is 6.70. The van der Waals surface area contributed by atoms with Crippen LogP contribution in [0.25, 0.3) is 0 Å². The zero-order valence-electron chi connectivity index (χ0n) is 13.6. The fraction of sp³-hybridized carbons (Fsp3) is 0.889. The van der Waals surface area contributed by atoms with Crippen LogP contribution in [0.1, 0.15) is 39.5 Å². The molecule has 1 unspecified atom stereocenters. The lowest BCUT2D eigenvalue weighted by Gasteiger charge is -2.44. The van der Waals surface area contributed by atoms with E-state index in [4.69, 9.17) is 9.47 Å². The highest BCUT2D eigenvalue weighted by molar-refractivity contribution is 5.17. The largest absolute Gasteiger partial charge is 0.396 e. The van der Waals surface area contributed by atoms with Crippen molar-refractivity contribution in [2.24, 2.45) is 28.6 Å². The quantitative estimate of drug-likeness (QED) is 0.728. The van der Waals surface area contributed by atoms with Crippen molar-refractivity contribution < 1.29 is 19.7 Å². The van der Waals surface area contributed by atoms with E-state index < -0.39 is 17.3 Å². The Bertz CT molecular complexity index is 475. The molecule has 2 bridgehead atoms. The summed E-state index contributed by atoms with van der Waals surface area (Å²) in [7, 11) is 0. The Balaban J connectivity index is 1.62. The zero-order valence-corrected chi connectivity index (χ0v) is 13.6. The third kappa shape index (κ3) is 1.97. The summed E-state index contributed by atoms with van der Waals surface area (Å²) in [5.41, 5.74) is -0.322. The maximum absolute atomic E-state index is 10.8. The van der Waals surface area contributed by atoms with Gasteiger partial charge in [-0.05, 0) is 30.6 Å². The van der Waals surface area contributed by atoms with Gasteiger partial charge in [0.05, 0.1) is 25.9 Å². The molecule has 0 aromatic carbocycles. The van der Waals surface area contributed by atoms with Crippen molar-refractivity contribution in [3.8, 4) is 0 Å². The molecule has 4 heteroatoms. The topological polar surface area (TPSA) is 58.9 Å². The normalized spacial score (nSPS) is 48.4. The first-order chi connectivity index (χ1) is 10.4. The van der Waals surface area contributed by atoms with E-state index in [0.717, 1.165) is 38.9 Å². The Morgan fingerprint density at radius 1 is 1.09 bits per heavy atom. The number of aliphatic hydroxyl groups excluding tert-OH is 2. The first kappa shape index (κ1) is 15.1. The van der Waals surface area contributed by atoms with Crippen molar-refractivity contribution in [3.05, 3.63) is 12.2 Å². The van der Waals surface area contributed by atoms with E-state index in [1.165, 1.54) is 0 Å². The Morgan fingerprint density at radius 2 is 1.82 bits per heavy atom. The van der Waals surface area contributed by atoms with Crippen molar-refractivity contribution in [2.45, 2.75) is 51.4 Å². The number of hydrogen-bond donors (Lipinski definition) is 2. The average Bonchev–Trinajstić information content (AvgIpc) is 2.86. The van der Waals surface area contributed by atoms with Crippen LogP contribution in [0.2, 0.25) is 0 Å². The molecule has 3 fully saturated rings. The molecule has 3 aliphatic carbocycles. The summed E-state index contributed by atoms with van der Waals surface area (Å²) in [5.74, 6) is 0.447. The third-order valence-corrected chi connectivity index (χ3v) is 6.70. The van der Waals surface area contributed by atoms with E-state index in [9.17, 15) is 10.2 Å². The van der Waals surface area contributed by atoms with Gasteiger partial charge in [-0.3, -0.25) is 0 Å². The van der Waals surface area contributed by atoms with Gasteiger partial charge in [0.1, 0.15) is 0 Å². The van der Waals surface area contributed by atoms with E-state index in [0.29, 0.717) is 11.8 Å². The molecule has 4 rings (SSSR count). The number of hydrogen-bond acceptors (Lipinski definition) is 4. The molecular formula is C18H28O4. The predicted octanol–water partition coefficient (Wildman–Crippen LogP) is 2.10. The Labute approximate surface area is 132 Å². The number of allylic oxidation sites excluding steroid dienone is 2. The predicted molar refractivity (Wildman–Crippen MR) is 82.0 cm³/mol. The van der Waals surface area contributed by atoms with Crippen LogP contribution in [0.3, 0.4) is 0 Å². The Kier molecular flexibility index (Phi) is 3.29. The lowest BCUT2D eigenvalue weighted by atomic mass is 9.72. The number of fused-ring (bicyclic) bond motifs is 5. The average molecular weight is 308 g/mol. The van der Waals surface area contributed by atoms with Crippen molar-refractivity contribution in [1.29, 1.82) is 0 Å². The molecule has 4 nitrogen and oxygen atoms in total. The van der Waals surface area contributed by atoms with Crippen molar-refractivity contribution >= 4 is 0 Å². The second-order valence-electron chi connectivity index (χ2n) is 8.74. The first-order valence-electron chi connectivity index (χ1n) is 8.63. The molecule has 22 heavy (non-hydrogen) atoms. The summed E-state index contributed by atoms with van der Waals surface area (Å²) in [5, 5.41) is 20.9. The first-order valence-corrected chi connectivity index (χ1v) is 8.63. The molecule has 1 aliphatic heterocycles. The van der Waals surface area contributed by atoms with Gasteiger partial charge >= 0.3 is 0 Å². The van der Waals surface area contributed by atoms with E-state index >= 15 is 0 Å². The molecular weight excluding hydrogens is 280 g/mol. The van der Waals surface area contributed by atoms with Gasteiger partial charge in [-0.15, -0.1) is 0 Å². The van der Waals surface area contributed by atoms with Crippen LogP contribution in [0.15, 0.2) is 12.2 Å². The number of ether oxygens (including phenoxy) is 2. The molecule has 2 N–H and O–H groups in total. The molecule has 5 atom stereocenters. The summed E-state index contributed by atoms with van der Waals surface area (Å²) in [4.78, 5) is 0. The van der Waals surface area contributed by atoms with Gasteiger partial charge in [0, 0.05) is 23.7 Å². The second kappa shape index (κ2) is 4.79. The minimum absolute atomic E-state index is 0.0533. The summed E-state index contributed by atoms with van der Waals surface area (Å²) in [6.07, 6.45) is 7.28. The summed E-state index contributed by atoms with van der Waals surface area (Å²) < 4.78 is 12.4. The van der Waals surface area contributed by atoms with E-state index in [-0.39, 0.29) is 17.9 Å². The van der Waals surface area contributed by atoms with Gasteiger partial charge in [0.15, 0.2) is 5.79 Å². The van der Waals surface area contributed by atoms with Crippen molar-refractivity contribution in [3.63, 3.8) is 0 Å². The van der Waals surface area contributed by atoms with Crippen LogP contribution in [0, 0.1) is 28.6 Å². The SMILES string of the molecule is CC1(C)COC2(C[C@H]3[C@@H]4CC=CC[C@@](CO)(C4O)[C@H]3C2)OC1. The van der Waals surface area contributed by atoms with E-state index in [1.807, 2.05) is 0 Å². The minimum atomic E-state index is -0.478. The van der Waals surface area contributed by atoms with Gasteiger partial charge < -0.3 is 19.7 Å². The molecule has 0 amide bonds. The Morgan fingerprint density at radius 3 is 2.50 bits per heavy atom. The summed E-state index contributed by atoms with van der Waals surface area (Å²) in [6, 6.07) is 0. The maximum Gasteiger partial charge on any atom is 0.168 e. The van der Waals surface area contributed by atoms with Crippen LogP contribution in [-0.4, -0.2) is 41.9 Å². The van der Waals surface area contributed by atoms with Crippen LogP contribution in [-0.2, 0) is 9.47 Å². The van der Waals surface area contributed by atoms with Gasteiger partial charge in [0.25, 0.3) is 0 Å². The lowest BCUT2D eigenvalue weighted by molar-refractivity contribution is -0.300. The molecule has 1 heterocycles. The van der Waals surface area contributed by atoms with Gasteiger partial charge in [-0.1, -0.05) is 26.0 Å². The summed E-state index contributed by atoms with van der Waals surface area (Å²) in [6.45, 7) is 5.84. The van der Waals surface area contributed by atoms with Crippen LogP contribution in [0.5, 0.6) is 0 Å².